The van der Waals surface area contributed by atoms with Gasteiger partial charge >= 0.3 is 6.18 Å². The summed E-state index contributed by atoms with van der Waals surface area (Å²) in [6.45, 7) is 2.95. The maximum Gasteiger partial charge on any atom is 0.416 e. The molecule has 11 nitrogen and oxygen atoms in total. The van der Waals surface area contributed by atoms with Crippen molar-refractivity contribution in [1.29, 1.82) is 0 Å². The minimum absolute atomic E-state index is 0.0257. The fraction of sp³-hybridized carbons (Fsp3) is 0.302. The number of nitrogens with one attached hydrogen (secondary N) is 3. The molecule has 0 saturated carbocycles. The predicted molar refractivity (Wildman–Crippen MR) is 218 cm³/mol. The molecule has 1 aromatic heterocycles. The maximum atomic E-state index is 15.9. The van der Waals surface area contributed by atoms with Gasteiger partial charge in [-0.05, 0) is 73.0 Å². The molecule has 0 spiro atoms. The Balaban J connectivity index is 1.65. The summed E-state index contributed by atoms with van der Waals surface area (Å²) in [5.74, 6) is -2.01. The molecule has 306 valence electrons. The SMILES string of the molecule is COCCNc1ccccc1N(C(=O)C1(c2ncccc2C(=O)NCc2cccc(C(F)(F)F)c2)C=CC(CSC(C)C(=O)[O-])=CC1)c1ccccc1NCCOC. The first kappa shape index (κ1) is 43.5. The summed E-state index contributed by atoms with van der Waals surface area (Å²) in [7, 11) is 3.18. The van der Waals surface area contributed by atoms with E-state index in [9.17, 15) is 27.9 Å². The number of thioether (sulfide) groups is 1. The molecule has 0 aliphatic heterocycles. The summed E-state index contributed by atoms with van der Waals surface area (Å²) in [6.07, 6.45) is 2.19. The summed E-state index contributed by atoms with van der Waals surface area (Å²) < 4.78 is 51.0. The molecule has 3 N–H and O–H groups in total. The van der Waals surface area contributed by atoms with Crippen LogP contribution in [-0.4, -0.2) is 74.3 Å². The standard InChI is InChI=1S/C43H46F3N5O6S/c1-29(40(53)54)58-28-30-17-19-42(20-18-30,38-33(12-9-21-49-38)39(52)50-27-31-10-8-11-32(26-31)43(44,45)46)41(55)51(36-15-6-4-13-34(36)47-22-24-56-2)37-16-7-5-14-35(37)48-23-25-57-3/h4-19,21,26,29,47-48H,20,22-25,27-28H2,1-3H3,(H,50,52)(H,53,54)/p-1. The largest absolute Gasteiger partial charge is 0.549 e. The third-order valence-corrected chi connectivity index (χ3v) is 10.6. The lowest BCUT2D eigenvalue weighted by Crippen LogP contribution is -2.47. The third-order valence-electron chi connectivity index (χ3n) is 9.40. The van der Waals surface area contributed by atoms with Gasteiger partial charge in [0.05, 0.1) is 58.8 Å². The number of nitrogens with zero attached hydrogens (tertiary/aromatic N) is 2. The van der Waals surface area contributed by atoms with Crippen molar-refractivity contribution in [1.82, 2.24) is 10.3 Å². The van der Waals surface area contributed by atoms with E-state index in [0.717, 1.165) is 17.7 Å². The zero-order valence-corrected chi connectivity index (χ0v) is 33.1. The topological polar surface area (TPSA) is 145 Å². The molecule has 5 rings (SSSR count). The van der Waals surface area contributed by atoms with Gasteiger partial charge in [-0.25, -0.2) is 0 Å². The maximum absolute atomic E-state index is 15.9. The number of carboxylic acids is 1. The van der Waals surface area contributed by atoms with E-state index in [2.05, 4.69) is 20.9 Å². The number of pyridine rings is 1. The Kier molecular flexibility index (Phi) is 15.1. The van der Waals surface area contributed by atoms with Crippen LogP contribution in [0.15, 0.2) is 115 Å². The van der Waals surface area contributed by atoms with E-state index in [-0.39, 0.29) is 29.8 Å². The van der Waals surface area contributed by atoms with Crippen LogP contribution in [0.4, 0.5) is 35.9 Å². The van der Waals surface area contributed by atoms with E-state index in [4.69, 9.17) is 9.47 Å². The number of allylic oxidation sites excluding steroid dienone is 2. The highest BCUT2D eigenvalue weighted by Crippen LogP contribution is 2.44. The number of methoxy groups -OCH3 is 2. The second kappa shape index (κ2) is 20.2. The van der Waals surface area contributed by atoms with Crippen LogP contribution >= 0.6 is 11.8 Å². The molecule has 4 aromatic rings. The second-order valence-electron chi connectivity index (χ2n) is 13.4. The average Bonchev–Trinajstić information content (AvgIpc) is 3.23. The molecule has 15 heteroatoms. The second-order valence-corrected chi connectivity index (χ2v) is 14.7. The van der Waals surface area contributed by atoms with Crippen molar-refractivity contribution in [2.24, 2.45) is 0 Å². The molecule has 58 heavy (non-hydrogen) atoms. The number of alkyl halides is 3. The van der Waals surface area contributed by atoms with Crippen LogP contribution in [0.5, 0.6) is 0 Å². The number of hydrogen-bond acceptors (Lipinski definition) is 10. The number of halogens is 3. The normalized spacial score (nSPS) is 15.6. The first-order chi connectivity index (χ1) is 27.9. The van der Waals surface area contributed by atoms with Gasteiger partial charge in [0, 0.05) is 51.1 Å². The van der Waals surface area contributed by atoms with Crippen molar-refractivity contribution in [3.8, 4) is 0 Å². The summed E-state index contributed by atoms with van der Waals surface area (Å²) in [5, 5.41) is 20.2. The number of ether oxygens (including phenoxy) is 2. The number of para-hydroxylation sites is 4. The van der Waals surface area contributed by atoms with Gasteiger partial charge in [0.2, 0.25) is 5.91 Å². The number of carbonyl (C=O) groups is 3. The number of rotatable bonds is 19. The first-order valence-electron chi connectivity index (χ1n) is 18.5. The van der Waals surface area contributed by atoms with E-state index >= 15 is 4.79 Å². The van der Waals surface area contributed by atoms with Gasteiger partial charge in [0.25, 0.3) is 5.91 Å². The summed E-state index contributed by atoms with van der Waals surface area (Å²) in [6, 6.07) is 22.3. The van der Waals surface area contributed by atoms with Gasteiger partial charge in [-0.3, -0.25) is 19.5 Å². The molecule has 0 fully saturated rings. The molecular weight excluding hydrogens is 772 g/mol. The van der Waals surface area contributed by atoms with Gasteiger partial charge in [-0.1, -0.05) is 54.6 Å². The molecule has 0 bridgehead atoms. The molecular formula is C43H45F3N5O6S-. The molecule has 0 radical (unpaired) electrons. The number of amides is 2. The fourth-order valence-corrected chi connectivity index (χ4v) is 7.14. The van der Waals surface area contributed by atoms with Crippen LogP contribution in [0, 0.1) is 0 Å². The van der Waals surface area contributed by atoms with Gasteiger partial charge in [0.15, 0.2) is 0 Å². The van der Waals surface area contributed by atoms with Crippen molar-refractivity contribution < 1.29 is 42.1 Å². The molecule has 1 aliphatic carbocycles. The zero-order valence-electron chi connectivity index (χ0n) is 32.3. The van der Waals surface area contributed by atoms with Gasteiger partial charge < -0.3 is 35.3 Å². The van der Waals surface area contributed by atoms with Crippen molar-refractivity contribution in [2.75, 3.05) is 61.8 Å². The van der Waals surface area contributed by atoms with Gasteiger partial charge in [0.1, 0.15) is 5.41 Å². The molecule has 1 heterocycles. The molecule has 2 amide bonds. The molecule has 1 aliphatic rings. The lowest BCUT2D eigenvalue weighted by molar-refractivity contribution is -0.304. The highest BCUT2D eigenvalue weighted by atomic mass is 32.2. The first-order valence-corrected chi connectivity index (χ1v) is 19.5. The van der Waals surface area contributed by atoms with E-state index in [1.165, 1.54) is 43.1 Å². The third kappa shape index (κ3) is 10.6. The van der Waals surface area contributed by atoms with E-state index in [0.29, 0.717) is 54.8 Å². The fourth-order valence-electron chi connectivity index (χ4n) is 6.35. The van der Waals surface area contributed by atoms with Crippen LogP contribution in [-0.2, 0) is 37.2 Å². The Bertz CT molecular complexity index is 2080. The van der Waals surface area contributed by atoms with Crippen LogP contribution < -0.4 is 26.0 Å². The lowest BCUT2D eigenvalue weighted by atomic mass is 9.73. The number of carboxylic acid groups (broad SMARTS) is 1. The highest BCUT2D eigenvalue weighted by molar-refractivity contribution is 8.00. The highest BCUT2D eigenvalue weighted by Gasteiger charge is 2.46. The number of anilines is 4. The Morgan fingerprint density at radius 2 is 1.55 bits per heavy atom. The Hall–Kier alpha value is -5.64. The molecule has 3 aromatic carbocycles. The lowest BCUT2D eigenvalue weighted by Gasteiger charge is -2.38. The van der Waals surface area contributed by atoms with Crippen LogP contribution in [0.3, 0.4) is 0 Å². The minimum atomic E-state index is -4.56. The Labute approximate surface area is 339 Å². The van der Waals surface area contributed by atoms with E-state index in [1.54, 1.807) is 49.5 Å². The Morgan fingerprint density at radius 1 is 0.914 bits per heavy atom. The number of hydrogen-bond donors (Lipinski definition) is 3. The van der Waals surface area contributed by atoms with Gasteiger partial charge in [-0.15, -0.1) is 11.8 Å². The molecule has 2 unspecified atom stereocenters. The van der Waals surface area contributed by atoms with Crippen molar-refractivity contribution in [2.45, 2.75) is 36.7 Å². The Morgan fingerprint density at radius 3 is 2.12 bits per heavy atom. The summed E-state index contributed by atoms with van der Waals surface area (Å²) in [4.78, 5) is 47.8. The van der Waals surface area contributed by atoms with Crippen molar-refractivity contribution >= 4 is 52.3 Å². The summed E-state index contributed by atoms with van der Waals surface area (Å²) in [5.41, 5.74) is 0.910. The monoisotopic (exact) mass is 816 g/mol. The number of carbonyl (C=O) groups excluding carboxylic acids is 3. The minimum Gasteiger partial charge on any atom is -0.549 e. The summed E-state index contributed by atoms with van der Waals surface area (Å²) >= 11 is 1.17. The zero-order chi connectivity index (χ0) is 41.7. The average molecular weight is 817 g/mol. The smallest absolute Gasteiger partial charge is 0.416 e. The van der Waals surface area contributed by atoms with E-state index < -0.39 is 40.2 Å². The quantitative estimate of drug-likeness (QED) is 0.0897. The van der Waals surface area contributed by atoms with E-state index in [1.807, 2.05) is 42.5 Å². The van der Waals surface area contributed by atoms with Crippen molar-refractivity contribution in [3.05, 3.63) is 137 Å². The van der Waals surface area contributed by atoms with Crippen LogP contribution in [0.1, 0.15) is 40.5 Å². The van der Waals surface area contributed by atoms with Gasteiger partial charge in [-0.2, -0.15) is 13.2 Å². The molecule has 0 saturated heterocycles. The number of aliphatic carboxylic acids is 1. The number of benzene rings is 3. The van der Waals surface area contributed by atoms with Crippen LogP contribution in [0.2, 0.25) is 0 Å². The predicted octanol–water partition coefficient (Wildman–Crippen LogP) is 6.51. The molecule has 2 atom stereocenters. The van der Waals surface area contributed by atoms with Crippen LogP contribution in [0.25, 0.3) is 0 Å². The number of aromatic nitrogens is 1. The van der Waals surface area contributed by atoms with Crippen molar-refractivity contribution in [3.63, 3.8) is 0 Å².